The molecule has 5 heteroatoms. The van der Waals surface area contributed by atoms with Gasteiger partial charge in [-0.3, -0.25) is 4.79 Å². The number of sulfone groups is 1. The van der Waals surface area contributed by atoms with Crippen molar-refractivity contribution in [2.45, 2.75) is 17.1 Å². The van der Waals surface area contributed by atoms with E-state index < -0.39 is 20.9 Å². The molecule has 3 aromatic carbocycles. The van der Waals surface area contributed by atoms with Crippen LogP contribution in [0.1, 0.15) is 28.1 Å². The third kappa shape index (κ3) is 3.93. The quantitative estimate of drug-likeness (QED) is 0.613. The molecule has 3 rings (SSSR count). The van der Waals surface area contributed by atoms with E-state index in [0.717, 1.165) is 0 Å². The van der Waals surface area contributed by atoms with Gasteiger partial charge >= 0.3 is 0 Å². The number of nitrogens with one attached hydrogen (secondary N) is 1. The van der Waals surface area contributed by atoms with Crippen molar-refractivity contribution in [3.05, 3.63) is 96.1 Å². The van der Waals surface area contributed by atoms with Crippen molar-refractivity contribution in [2.24, 2.45) is 0 Å². The van der Waals surface area contributed by atoms with E-state index in [2.05, 4.69) is 5.32 Å². The molecule has 0 aromatic heterocycles. The van der Waals surface area contributed by atoms with Crippen LogP contribution in [0.3, 0.4) is 0 Å². The molecule has 0 aliphatic rings. The maximum Gasteiger partial charge on any atom is 0.194 e. The number of hydrogen-bond acceptors (Lipinski definition) is 4. The van der Waals surface area contributed by atoms with Crippen molar-refractivity contribution in [3.63, 3.8) is 0 Å². The second-order valence-corrected chi connectivity index (χ2v) is 8.09. The average molecular weight is 379 g/mol. The molecule has 0 saturated carbocycles. The third-order valence-corrected chi connectivity index (χ3v) is 6.35. The summed E-state index contributed by atoms with van der Waals surface area (Å²) in [6, 6.07) is 23.9. The van der Waals surface area contributed by atoms with Crippen LogP contribution in [0.5, 0.6) is 0 Å². The van der Waals surface area contributed by atoms with Gasteiger partial charge in [0.1, 0.15) is 0 Å². The SMILES string of the molecule is CCNc1ccccc1S(=O)(=O)C(C(=O)c1ccccc1)c1ccccc1. The largest absolute Gasteiger partial charge is 0.384 e. The van der Waals surface area contributed by atoms with E-state index in [4.69, 9.17) is 0 Å². The fourth-order valence-electron chi connectivity index (χ4n) is 3.03. The molecule has 0 aliphatic carbocycles. The molecule has 1 N–H and O–H groups in total. The van der Waals surface area contributed by atoms with Gasteiger partial charge in [-0.1, -0.05) is 72.8 Å². The highest BCUT2D eigenvalue weighted by atomic mass is 32.2. The Morgan fingerprint density at radius 3 is 2.04 bits per heavy atom. The number of rotatable bonds is 7. The molecule has 3 aromatic rings. The summed E-state index contributed by atoms with van der Waals surface area (Å²) >= 11 is 0. The fraction of sp³-hybridized carbons (Fsp3) is 0.136. The summed E-state index contributed by atoms with van der Waals surface area (Å²) < 4.78 is 27.2. The minimum absolute atomic E-state index is 0.130. The van der Waals surface area contributed by atoms with Crippen LogP contribution >= 0.6 is 0 Å². The van der Waals surface area contributed by atoms with E-state index >= 15 is 0 Å². The number of benzene rings is 3. The van der Waals surface area contributed by atoms with Crippen LogP contribution in [0.2, 0.25) is 0 Å². The Balaban J connectivity index is 2.18. The Labute approximate surface area is 159 Å². The highest BCUT2D eigenvalue weighted by molar-refractivity contribution is 7.92. The molecule has 0 radical (unpaired) electrons. The number of carbonyl (C=O) groups excluding carboxylic acids is 1. The van der Waals surface area contributed by atoms with Crippen molar-refractivity contribution in [1.82, 2.24) is 0 Å². The normalized spacial score (nSPS) is 12.3. The van der Waals surface area contributed by atoms with Crippen LogP contribution in [-0.4, -0.2) is 20.7 Å². The molecule has 0 aliphatic heterocycles. The van der Waals surface area contributed by atoms with Crippen molar-refractivity contribution < 1.29 is 13.2 Å². The monoisotopic (exact) mass is 379 g/mol. The number of carbonyl (C=O) groups is 1. The van der Waals surface area contributed by atoms with Gasteiger partial charge in [0.15, 0.2) is 20.9 Å². The van der Waals surface area contributed by atoms with Gasteiger partial charge in [0.25, 0.3) is 0 Å². The first-order valence-electron chi connectivity index (χ1n) is 8.76. The Hall–Kier alpha value is -2.92. The summed E-state index contributed by atoms with van der Waals surface area (Å²) in [5.41, 5.74) is 1.33. The highest BCUT2D eigenvalue weighted by Gasteiger charge is 2.37. The first-order valence-corrected chi connectivity index (χ1v) is 10.3. The summed E-state index contributed by atoms with van der Waals surface area (Å²) in [5, 5.41) is 1.77. The van der Waals surface area contributed by atoms with Crippen molar-refractivity contribution >= 4 is 21.3 Å². The first kappa shape index (κ1) is 18.9. The minimum atomic E-state index is -3.97. The van der Waals surface area contributed by atoms with E-state index in [1.165, 1.54) is 0 Å². The smallest absolute Gasteiger partial charge is 0.194 e. The average Bonchev–Trinajstić information content (AvgIpc) is 2.70. The molecule has 27 heavy (non-hydrogen) atoms. The zero-order chi connectivity index (χ0) is 19.3. The molecule has 0 heterocycles. The van der Waals surface area contributed by atoms with E-state index in [1.54, 1.807) is 84.9 Å². The van der Waals surface area contributed by atoms with Crippen molar-refractivity contribution in [2.75, 3.05) is 11.9 Å². The van der Waals surface area contributed by atoms with Crippen molar-refractivity contribution in [1.29, 1.82) is 0 Å². The number of hydrogen-bond donors (Lipinski definition) is 1. The molecule has 0 bridgehead atoms. The van der Waals surface area contributed by atoms with Gasteiger partial charge in [-0.15, -0.1) is 0 Å². The van der Waals surface area contributed by atoms with Gasteiger partial charge in [-0.05, 0) is 24.6 Å². The molecule has 4 nitrogen and oxygen atoms in total. The van der Waals surface area contributed by atoms with Gasteiger partial charge in [0.2, 0.25) is 0 Å². The topological polar surface area (TPSA) is 63.2 Å². The summed E-state index contributed by atoms with van der Waals surface area (Å²) in [4.78, 5) is 13.4. The van der Waals surface area contributed by atoms with Crippen LogP contribution < -0.4 is 5.32 Å². The van der Waals surface area contributed by atoms with E-state index in [9.17, 15) is 13.2 Å². The number of para-hydroxylation sites is 1. The second-order valence-electron chi connectivity index (χ2n) is 6.09. The highest BCUT2D eigenvalue weighted by Crippen LogP contribution is 2.35. The molecule has 0 spiro atoms. The molecule has 1 atom stereocenters. The number of Topliss-reactive ketones (excluding diaryl/α,β-unsaturated/α-hetero) is 1. The van der Waals surface area contributed by atoms with Crippen LogP contribution in [0.4, 0.5) is 5.69 Å². The van der Waals surface area contributed by atoms with Gasteiger partial charge in [0, 0.05) is 12.1 Å². The van der Waals surface area contributed by atoms with E-state index in [0.29, 0.717) is 23.4 Å². The summed E-state index contributed by atoms with van der Waals surface area (Å²) in [6.45, 7) is 2.47. The third-order valence-electron chi connectivity index (χ3n) is 4.27. The van der Waals surface area contributed by atoms with Crippen LogP contribution in [0.25, 0.3) is 0 Å². The lowest BCUT2D eigenvalue weighted by Gasteiger charge is -2.19. The number of anilines is 1. The Morgan fingerprint density at radius 1 is 0.852 bits per heavy atom. The predicted octanol–water partition coefficient (Wildman–Crippen LogP) is 4.52. The summed E-state index contributed by atoms with van der Waals surface area (Å²) in [5.74, 6) is -0.437. The predicted molar refractivity (Wildman–Crippen MR) is 108 cm³/mol. The lowest BCUT2D eigenvalue weighted by Crippen LogP contribution is -2.23. The maximum absolute atomic E-state index is 13.6. The maximum atomic E-state index is 13.6. The molecule has 0 amide bonds. The Morgan fingerprint density at radius 2 is 1.41 bits per heavy atom. The molecule has 0 fully saturated rings. The fourth-order valence-corrected chi connectivity index (χ4v) is 4.93. The lowest BCUT2D eigenvalue weighted by molar-refractivity contribution is 0.0986. The van der Waals surface area contributed by atoms with E-state index in [-0.39, 0.29) is 4.90 Å². The van der Waals surface area contributed by atoms with Gasteiger partial charge in [-0.2, -0.15) is 0 Å². The standard InChI is InChI=1S/C22H21NO3S/c1-2-23-19-15-9-10-16-20(19)27(25,26)22(18-13-7-4-8-14-18)21(24)17-11-5-3-6-12-17/h3-16,22-23H,2H2,1H3. The van der Waals surface area contributed by atoms with Crippen LogP contribution in [-0.2, 0) is 9.84 Å². The molecule has 0 saturated heterocycles. The molecular weight excluding hydrogens is 358 g/mol. The number of ketones is 1. The van der Waals surface area contributed by atoms with Gasteiger partial charge in [-0.25, -0.2) is 8.42 Å². The zero-order valence-electron chi connectivity index (χ0n) is 15.0. The first-order chi connectivity index (χ1) is 13.1. The second kappa shape index (κ2) is 8.18. The van der Waals surface area contributed by atoms with Gasteiger partial charge in [0.05, 0.1) is 10.6 Å². The lowest BCUT2D eigenvalue weighted by atomic mass is 10.0. The van der Waals surface area contributed by atoms with Crippen LogP contribution in [0.15, 0.2) is 89.8 Å². The van der Waals surface area contributed by atoms with Gasteiger partial charge < -0.3 is 5.32 Å². The van der Waals surface area contributed by atoms with E-state index in [1.807, 2.05) is 6.92 Å². The van der Waals surface area contributed by atoms with Crippen LogP contribution in [0, 0.1) is 0 Å². The van der Waals surface area contributed by atoms with Crippen molar-refractivity contribution in [3.8, 4) is 0 Å². The zero-order valence-corrected chi connectivity index (χ0v) is 15.8. The molecule has 138 valence electrons. The Bertz CT molecular complexity index is 1020. The molecule has 1 unspecified atom stereocenters. The Kier molecular flexibility index (Phi) is 5.72. The molecular formula is C22H21NO3S. The minimum Gasteiger partial charge on any atom is -0.384 e. The summed E-state index contributed by atoms with van der Waals surface area (Å²) in [7, 11) is -3.97. The summed E-state index contributed by atoms with van der Waals surface area (Å²) in [6.07, 6.45) is 0.